The number of nitrogens with one attached hydrogen (secondary N) is 1. The van der Waals surface area contributed by atoms with Crippen LogP contribution in [0.15, 0.2) is 21.8 Å². The van der Waals surface area contributed by atoms with Crippen molar-refractivity contribution >= 4 is 5.96 Å². The Hall–Kier alpha value is -1.64. The summed E-state index contributed by atoms with van der Waals surface area (Å²) in [5.41, 5.74) is 0.985. The van der Waals surface area contributed by atoms with E-state index in [0.717, 1.165) is 50.9 Å². The first kappa shape index (κ1) is 17.2. The molecule has 0 radical (unpaired) electrons. The van der Waals surface area contributed by atoms with Crippen LogP contribution in [0.2, 0.25) is 0 Å². The Morgan fingerprint density at radius 3 is 2.88 bits per heavy atom. The van der Waals surface area contributed by atoms with Gasteiger partial charge in [0.15, 0.2) is 5.96 Å². The third kappa shape index (κ3) is 4.93. The standard InChI is InChI=1S/C16H27N5O3/c1-2-17-16(18-11-15-13-22-9-10-23-15)21-6-4-20(5-7-21)12-14-3-8-24-19-14/h3,8,15H,2,4-7,9-13H2,1H3,(H,17,18). The van der Waals surface area contributed by atoms with E-state index in [1.165, 1.54) is 0 Å². The lowest BCUT2D eigenvalue weighted by atomic mass is 10.3. The zero-order valence-corrected chi connectivity index (χ0v) is 14.3. The molecular formula is C16H27N5O3. The molecule has 2 saturated heterocycles. The first-order valence-corrected chi connectivity index (χ1v) is 8.69. The van der Waals surface area contributed by atoms with Crippen molar-refractivity contribution in [3.63, 3.8) is 0 Å². The molecule has 24 heavy (non-hydrogen) atoms. The fourth-order valence-electron chi connectivity index (χ4n) is 2.92. The molecule has 0 amide bonds. The fourth-order valence-corrected chi connectivity index (χ4v) is 2.92. The smallest absolute Gasteiger partial charge is 0.194 e. The summed E-state index contributed by atoms with van der Waals surface area (Å²) in [6.45, 7) is 10.3. The monoisotopic (exact) mass is 337 g/mol. The molecule has 2 aliphatic heterocycles. The molecule has 0 aliphatic carbocycles. The molecule has 2 aliphatic rings. The Kier molecular flexibility index (Phi) is 6.45. The van der Waals surface area contributed by atoms with Crippen molar-refractivity contribution in [2.24, 2.45) is 4.99 Å². The number of ether oxygens (including phenoxy) is 2. The van der Waals surface area contributed by atoms with Crippen LogP contribution in [0.3, 0.4) is 0 Å². The van der Waals surface area contributed by atoms with Crippen LogP contribution in [0, 0.1) is 0 Å². The van der Waals surface area contributed by atoms with Crippen LogP contribution in [-0.2, 0) is 16.0 Å². The molecule has 8 nitrogen and oxygen atoms in total. The number of hydrogen-bond donors (Lipinski definition) is 1. The number of hydrogen-bond acceptors (Lipinski definition) is 6. The third-order valence-corrected chi connectivity index (χ3v) is 4.21. The van der Waals surface area contributed by atoms with Gasteiger partial charge in [0.2, 0.25) is 0 Å². The molecule has 134 valence electrons. The molecule has 0 spiro atoms. The lowest BCUT2D eigenvalue weighted by Crippen LogP contribution is -2.52. The Morgan fingerprint density at radius 2 is 2.21 bits per heavy atom. The van der Waals surface area contributed by atoms with E-state index in [1.807, 2.05) is 6.07 Å². The molecule has 0 aromatic carbocycles. The van der Waals surface area contributed by atoms with Crippen molar-refractivity contribution in [1.82, 2.24) is 20.3 Å². The van der Waals surface area contributed by atoms with Gasteiger partial charge >= 0.3 is 0 Å². The van der Waals surface area contributed by atoms with Crippen LogP contribution in [0.25, 0.3) is 0 Å². The number of aromatic nitrogens is 1. The van der Waals surface area contributed by atoms with Crippen LogP contribution < -0.4 is 5.32 Å². The highest BCUT2D eigenvalue weighted by Crippen LogP contribution is 2.08. The van der Waals surface area contributed by atoms with Gasteiger partial charge in [0.1, 0.15) is 12.4 Å². The van der Waals surface area contributed by atoms with Gasteiger partial charge in [0, 0.05) is 45.3 Å². The van der Waals surface area contributed by atoms with Gasteiger partial charge in [-0.15, -0.1) is 0 Å². The number of aliphatic imine (C=N–C) groups is 1. The number of rotatable bonds is 5. The SMILES string of the molecule is CCNC(=NCC1COCCO1)N1CCN(Cc2ccon2)CC1. The lowest BCUT2D eigenvalue weighted by molar-refractivity contribution is -0.0833. The summed E-state index contributed by atoms with van der Waals surface area (Å²) in [7, 11) is 0. The van der Waals surface area contributed by atoms with Gasteiger partial charge in [0.25, 0.3) is 0 Å². The molecule has 1 aromatic heterocycles. The van der Waals surface area contributed by atoms with Gasteiger partial charge in [0.05, 0.1) is 32.1 Å². The van der Waals surface area contributed by atoms with Crippen molar-refractivity contribution < 1.29 is 14.0 Å². The highest BCUT2D eigenvalue weighted by molar-refractivity contribution is 5.80. The summed E-state index contributed by atoms with van der Waals surface area (Å²) in [5.74, 6) is 0.966. The number of nitrogens with zero attached hydrogens (tertiary/aromatic N) is 4. The molecule has 2 fully saturated rings. The minimum atomic E-state index is 0.0702. The Bertz CT molecular complexity index is 494. The van der Waals surface area contributed by atoms with Crippen LogP contribution >= 0.6 is 0 Å². The van der Waals surface area contributed by atoms with Gasteiger partial charge in [-0.1, -0.05) is 5.16 Å². The molecule has 1 N–H and O–H groups in total. The van der Waals surface area contributed by atoms with E-state index in [4.69, 9.17) is 19.0 Å². The van der Waals surface area contributed by atoms with E-state index in [9.17, 15) is 0 Å². The second-order valence-corrected chi connectivity index (χ2v) is 6.02. The zero-order valence-electron chi connectivity index (χ0n) is 14.3. The van der Waals surface area contributed by atoms with Crippen LogP contribution in [0.5, 0.6) is 0 Å². The second-order valence-electron chi connectivity index (χ2n) is 6.02. The fraction of sp³-hybridized carbons (Fsp3) is 0.750. The van der Waals surface area contributed by atoms with Gasteiger partial charge in [-0.05, 0) is 6.92 Å². The van der Waals surface area contributed by atoms with Crippen molar-refractivity contribution in [1.29, 1.82) is 0 Å². The minimum absolute atomic E-state index is 0.0702. The van der Waals surface area contributed by atoms with Crippen LogP contribution in [-0.4, -0.2) is 86.1 Å². The molecular weight excluding hydrogens is 310 g/mol. The van der Waals surface area contributed by atoms with Gasteiger partial charge in [-0.25, -0.2) is 0 Å². The average molecular weight is 337 g/mol. The van der Waals surface area contributed by atoms with Crippen molar-refractivity contribution in [2.75, 3.05) is 59.1 Å². The molecule has 1 atom stereocenters. The maximum Gasteiger partial charge on any atom is 0.194 e. The first-order valence-electron chi connectivity index (χ1n) is 8.69. The van der Waals surface area contributed by atoms with E-state index < -0.39 is 0 Å². The molecule has 1 unspecified atom stereocenters. The zero-order chi connectivity index (χ0) is 16.6. The molecule has 0 saturated carbocycles. The normalized spacial score (nSPS) is 23.5. The minimum Gasteiger partial charge on any atom is -0.376 e. The van der Waals surface area contributed by atoms with Crippen LogP contribution in [0.4, 0.5) is 0 Å². The van der Waals surface area contributed by atoms with Crippen molar-refractivity contribution in [2.45, 2.75) is 19.6 Å². The molecule has 3 heterocycles. The van der Waals surface area contributed by atoms with E-state index in [0.29, 0.717) is 26.4 Å². The van der Waals surface area contributed by atoms with E-state index in [-0.39, 0.29) is 6.10 Å². The molecule has 0 bridgehead atoms. The molecule has 3 rings (SSSR count). The summed E-state index contributed by atoms with van der Waals surface area (Å²) in [4.78, 5) is 9.44. The van der Waals surface area contributed by atoms with Crippen LogP contribution in [0.1, 0.15) is 12.6 Å². The number of piperazine rings is 1. The predicted molar refractivity (Wildman–Crippen MR) is 89.9 cm³/mol. The summed E-state index contributed by atoms with van der Waals surface area (Å²) >= 11 is 0. The summed E-state index contributed by atoms with van der Waals surface area (Å²) in [6, 6.07) is 1.92. The van der Waals surface area contributed by atoms with Crippen molar-refractivity contribution in [3.8, 4) is 0 Å². The molecule has 8 heteroatoms. The highest BCUT2D eigenvalue weighted by Gasteiger charge is 2.21. The topological polar surface area (TPSA) is 75.4 Å². The maximum atomic E-state index is 5.67. The summed E-state index contributed by atoms with van der Waals surface area (Å²) in [5, 5.41) is 7.37. The molecule has 1 aromatic rings. The summed E-state index contributed by atoms with van der Waals surface area (Å²) in [6.07, 6.45) is 1.69. The third-order valence-electron chi connectivity index (χ3n) is 4.21. The highest BCUT2D eigenvalue weighted by atomic mass is 16.6. The Balaban J connectivity index is 1.49. The second kappa shape index (κ2) is 9.00. The lowest BCUT2D eigenvalue weighted by Gasteiger charge is -2.36. The van der Waals surface area contributed by atoms with E-state index in [2.05, 4.69) is 27.2 Å². The largest absolute Gasteiger partial charge is 0.376 e. The Labute approximate surface area is 142 Å². The quantitative estimate of drug-likeness (QED) is 0.606. The predicted octanol–water partition coefficient (Wildman–Crippen LogP) is 0.173. The first-order chi connectivity index (χ1) is 11.8. The van der Waals surface area contributed by atoms with Crippen molar-refractivity contribution in [3.05, 3.63) is 18.0 Å². The van der Waals surface area contributed by atoms with Gasteiger partial charge in [-0.2, -0.15) is 0 Å². The Morgan fingerprint density at radius 1 is 1.33 bits per heavy atom. The van der Waals surface area contributed by atoms with Gasteiger partial charge in [-0.3, -0.25) is 9.89 Å². The number of guanidine groups is 1. The van der Waals surface area contributed by atoms with E-state index in [1.54, 1.807) is 6.26 Å². The average Bonchev–Trinajstić information content (AvgIpc) is 3.13. The van der Waals surface area contributed by atoms with Gasteiger partial charge < -0.3 is 24.2 Å². The summed E-state index contributed by atoms with van der Waals surface area (Å²) < 4.78 is 16.0. The maximum absolute atomic E-state index is 5.67. The van der Waals surface area contributed by atoms with E-state index >= 15 is 0 Å².